The number of hydrogen-bond donors (Lipinski definition) is 2. The first-order chi connectivity index (χ1) is 8.61. The fourth-order valence-corrected chi connectivity index (χ4v) is 2.02. The molecule has 0 atom stereocenters. The van der Waals surface area contributed by atoms with Gasteiger partial charge < -0.3 is 10.1 Å². The minimum atomic E-state index is -0.156. The molecule has 2 N–H and O–H groups in total. The van der Waals surface area contributed by atoms with E-state index in [0.717, 1.165) is 22.0 Å². The Morgan fingerprint density at radius 1 is 1.33 bits per heavy atom. The Morgan fingerprint density at radius 2 is 2.11 bits per heavy atom. The summed E-state index contributed by atoms with van der Waals surface area (Å²) in [7, 11) is 0. The van der Waals surface area contributed by atoms with Gasteiger partial charge in [0, 0.05) is 6.21 Å². The molecule has 0 saturated carbocycles. The molecule has 0 spiro atoms. The number of rotatable bonds is 3. The maximum atomic E-state index is 11.9. The topological polar surface area (TPSA) is 65.5 Å². The molecule has 4 heteroatoms. The van der Waals surface area contributed by atoms with Crippen LogP contribution in [0.1, 0.15) is 16.7 Å². The van der Waals surface area contributed by atoms with E-state index in [1.165, 1.54) is 6.21 Å². The predicted octanol–water partition coefficient (Wildman–Crippen LogP) is 1.56. The van der Waals surface area contributed by atoms with Gasteiger partial charge in [-0.05, 0) is 36.9 Å². The van der Waals surface area contributed by atoms with E-state index in [2.05, 4.69) is 9.98 Å². The van der Waals surface area contributed by atoms with Gasteiger partial charge in [0.25, 0.3) is 5.56 Å². The van der Waals surface area contributed by atoms with E-state index in [-0.39, 0.29) is 12.2 Å². The van der Waals surface area contributed by atoms with Crippen LogP contribution in [0.2, 0.25) is 0 Å². The second kappa shape index (κ2) is 5.14. The summed E-state index contributed by atoms with van der Waals surface area (Å²) in [6.07, 6.45) is 1.51. The van der Waals surface area contributed by atoms with Crippen molar-refractivity contribution in [2.45, 2.75) is 13.8 Å². The number of nitrogens with one attached hydrogen (secondary N) is 1. The second-order valence-electron chi connectivity index (χ2n) is 4.36. The Morgan fingerprint density at radius 3 is 2.83 bits per heavy atom. The summed E-state index contributed by atoms with van der Waals surface area (Å²) >= 11 is 0. The third kappa shape index (κ3) is 2.49. The number of fused-ring (bicyclic) bond motifs is 1. The highest BCUT2D eigenvalue weighted by atomic mass is 16.3. The number of aliphatic hydroxyl groups is 1. The summed E-state index contributed by atoms with van der Waals surface area (Å²) in [6.45, 7) is 4.30. The van der Waals surface area contributed by atoms with Crippen LogP contribution in [0, 0.1) is 13.8 Å². The highest BCUT2D eigenvalue weighted by Gasteiger charge is 2.03. The molecule has 94 valence electrons. The Labute approximate surface area is 105 Å². The lowest BCUT2D eigenvalue weighted by Crippen LogP contribution is -2.12. The van der Waals surface area contributed by atoms with Gasteiger partial charge in [-0.15, -0.1) is 0 Å². The molecular weight excluding hydrogens is 228 g/mol. The SMILES string of the molecule is Cc1cc(C)c2[nH]c(=O)c(C=NCCO)cc2c1. The smallest absolute Gasteiger partial charge is 0.257 e. The molecule has 2 aromatic rings. The molecule has 0 fully saturated rings. The first-order valence-electron chi connectivity index (χ1n) is 5.87. The molecule has 0 saturated heterocycles. The lowest BCUT2D eigenvalue weighted by molar-refractivity contribution is 0.307. The van der Waals surface area contributed by atoms with Crippen molar-refractivity contribution in [3.8, 4) is 0 Å². The average molecular weight is 244 g/mol. The van der Waals surface area contributed by atoms with E-state index in [1.54, 1.807) is 0 Å². The van der Waals surface area contributed by atoms with Crippen molar-refractivity contribution >= 4 is 17.1 Å². The number of nitrogens with zero attached hydrogens (tertiary/aromatic N) is 1. The zero-order valence-electron chi connectivity index (χ0n) is 10.5. The van der Waals surface area contributed by atoms with Crippen molar-refractivity contribution in [1.82, 2.24) is 4.98 Å². The van der Waals surface area contributed by atoms with Gasteiger partial charge in [-0.1, -0.05) is 11.6 Å². The van der Waals surface area contributed by atoms with Crippen LogP contribution in [0.5, 0.6) is 0 Å². The Kier molecular flexibility index (Phi) is 3.58. The third-order valence-corrected chi connectivity index (χ3v) is 2.78. The molecule has 0 unspecified atom stereocenters. The second-order valence-corrected chi connectivity index (χ2v) is 4.36. The van der Waals surface area contributed by atoms with Crippen molar-refractivity contribution in [2.24, 2.45) is 4.99 Å². The quantitative estimate of drug-likeness (QED) is 0.805. The number of pyridine rings is 1. The Balaban J connectivity index is 2.57. The summed E-state index contributed by atoms with van der Waals surface area (Å²) in [4.78, 5) is 18.7. The number of hydrogen-bond acceptors (Lipinski definition) is 3. The Bertz CT molecular complexity index is 657. The minimum Gasteiger partial charge on any atom is -0.394 e. The fraction of sp³-hybridized carbons (Fsp3) is 0.286. The molecule has 4 nitrogen and oxygen atoms in total. The first-order valence-corrected chi connectivity index (χ1v) is 5.87. The maximum Gasteiger partial charge on any atom is 0.257 e. The van der Waals surface area contributed by atoms with Gasteiger partial charge >= 0.3 is 0 Å². The van der Waals surface area contributed by atoms with Gasteiger partial charge in [0.15, 0.2) is 0 Å². The molecule has 1 aromatic heterocycles. The van der Waals surface area contributed by atoms with E-state index in [9.17, 15) is 4.79 Å². The summed E-state index contributed by atoms with van der Waals surface area (Å²) in [5.74, 6) is 0. The largest absolute Gasteiger partial charge is 0.394 e. The molecule has 0 aliphatic carbocycles. The van der Waals surface area contributed by atoms with E-state index >= 15 is 0 Å². The number of aliphatic imine (C=N–C) groups is 1. The van der Waals surface area contributed by atoms with E-state index < -0.39 is 0 Å². The van der Waals surface area contributed by atoms with Crippen LogP contribution in [0.3, 0.4) is 0 Å². The molecule has 1 aromatic carbocycles. The van der Waals surface area contributed by atoms with Crippen LogP contribution in [-0.4, -0.2) is 29.5 Å². The molecule has 1 heterocycles. The number of aromatic amines is 1. The summed E-state index contributed by atoms with van der Waals surface area (Å²) < 4.78 is 0. The molecule has 0 aliphatic rings. The summed E-state index contributed by atoms with van der Waals surface area (Å²) in [6, 6.07) is 5.90. The van der Waals surface area contributed by atoms with Crippen LogP contribution in [0.4, 0.5) is 0 Å². The summed E-state index contributed by atoms with van der Waals surface area (Å²) in [5.41, 5.74) is 3.44. The first kappa shape index (κ1) is 12.5. The maximum absolute atomic E-state index is 11.9. The molecule has 0 aliphatic heterocycles. The van der Waals surface area contributed by atoms with Crippen molar-refractivity contribution in [3.63, 3.8) is 0 Å². The number of benzene rings is 1. The Hall–Kier alpha value is -1.94. The van der Waals surface area contributed by atoms with E-state index in [1.807, 2.05) is 32.0 Å². The van der Waals surface area contributed by atoms with E-state index in [4.69, 9.17) is 5.11 Å². The van der Waals surface area contributed by atoms with Gasteiger partial charge in [0.1, 0.15) is 0 Å². The van der Waals surface area contributed by atoms with Gasteiger partial charge in [-0.25, -0.2) is 0 Å². The van der Waals surface area contributed by atoms with Crippen molar-refractivity contribution in [2.75, 3.05) is 13.2 Å². The number of H-pyrrole nitrogens is 1. The minimum absolute atomic E-state index is 0.0137. The number of aromatic nitrogens is 1. The monoisotopic (exact) mass is 244 g/mol. The van der Waals surface area contributed by atoms with Crippen molar-refractivity contribution in [1.29, 1.82) is 0 Å². The molecule has 18 heavy (non-hydrogen) atoms. The van der Waals surface area contributed by atoms with Crippen LogP contribution < -0.4 is 5.56 Å². The van der Waals surface area contributed by atoms with Gasteiger partial charge in [0.05, 0.1) is 24.2 Å². The normalized spacial score (nSPS) is 11.5. The van der Waals surface area contributed by atoms with Crippen molar-refractivity contribution < 1.29 is 5.11 Å². The van der Waals surface area contributed by atoms with Gasteiger partial charge in [0.2, 0.25) is 0 Å². The van der Waals surface area contributed by atoms with Crippen LogP contribution in [0.25, 0.3) is 10.9 Å². The zero-order valence-corrected chi connectivity index (χ0v) is 10.5. The molecular formula is C14H16N2O2. The predicted molar refractivity (Wildman–Crippen MR) is 73.6 cm³/mol. The third-order valence-electron chi connectivity index (χ3n) is 2.78. The van der Waals surface area contributed by atoms with Gasteiger partial charge in [-0.2, -0.15) is 0 Å². The van der Waals surface area contributed by atoms with E-state index in [0.29, 0.717) is 12.1 Å². The lowest BCUT2D eigenvalue weighted by atomic mass is 10.1. The van der Waals surface area contributed by atoms with Crippen LogP contribution in [-0.2, 0) is 0 Å². The summed E-state index contributed by atoms with van der Waals surface area (Å²) in [5, 5.41) is 9.66. The molecule has 0 amide bonds. The number of aryl methyl sites for hydroxylation is 2. The van der Waals surface area contributed by atoms with Crippen LogP contribution >= 0.6 is 0 Å². The molecule has 0 bridgehead atoms. The van der Waals surface area contributed by atoms with Crippen molar-refractivity contribution in [3.05, 3.63) is 45.2 Å². The standard InChI is InChI=1S/C14H16N2O2/c1-9-5-10(2)13-11(6-9)7-12(14(18)16-13)8-15-3-4-17/h5-8,17H,3-4H2,1-2H3,(H,16,18). The molecule has 2 rings (SSSR count). The highest BCUT2D eigenvalue weighted by Crippen LogP contribution is 2.17. The lowest BCUT2D eigenvalue weighted by Gasteiger charge is -2.05. The highest BCUT2D eigenvalue weighted by molar-refractivity contribution is 5.89. The molecule has 0 radical (unpaired) electrons. The van der Waals surface area contributed by atoms with Crippen LogP contribution in [0.15, 0.2) is 28.0 Å². The van der Waals surface area contributed by atoms with Gasteiger partial charge in [-0.3, -0.25) is 9.79 Å². The fourth-order valence-electron chi connectivity index (χ4n) is 2.02. The number of aliphatic hydroxyl groups excluding tert-OH is 1. The zero-order chi connectivity index (χ0) is 13.1. The average Bonchev–Trinajstić information content (AvgIpc) is 2.31.